The number of hydrogen-bond donors (Lipinski definition) is 0. The summed E-state index contributed by atoms with van der Waals surface area (Å²) in [6.45, 7) is 12.4. The number of fused-ring (bicyclic) bond motifs is 2. The van der Waals surface area contributed by atoms with Crippen LogP contribution < -0.4 is 0 Å². The Morgan fingerprint density at radius 3 is 2.18 bits per heavy atom. The maximum absolute atomic E-state index is 13.1. The number of ether oxygens (including phenoxy) is 4. The molecule has 8 nitrogen and oxygen atoms in total. The van der Waals surface area contributed by atoms with E-state index in [1.807, 2.05) is 0 Å². The van der Waals surface area contributed by atoms with Gasteiger partial charge < -0.3 is 18.9 Å². The van der Waals surface area contributed by atoms with Gasteiger partial charge in [0.2, 0.25) is 11.7 Å². The van der Waals surface area contributed by atoms with Crippen LogP contribution in [-0.2, 0) is 38.1 Å². The summed E-state index contributed by atoms with van der Waals surface area (Å²) in [5.74, 6) is -2.77. The summed E-state index contributed by atoms with van der Waals surface area (Å²) in [6.07, 6.45) is -0.880. The fourth-order valence-corrected chi connectivity index (χ4v) is 3.88. The predicted molar refractivity (Wildman–Crippen MR) is 96.8 cm³/mol. The first-order valence-electron chi connectivity index (χ1n) is 9.43. The molecule has 2 aliphatic rings. The van der Waals surface area contributed by atoms with Crippen LogP contribution in [0, 0.1) is 10.8 Å². The molecule has 2 bridgehead atoms. The minimum absolute atomic E-state index is 0.0239. The Bertz CT molecular complexity index is 709. The molecule has 156 valence electrons. The molecule has 0 aromatic carbocycles. The zero-order valence-electron chi connectivity index (χ0n) is 17.1. The van der Waals surface area contributed by atoms with E-state index in [1.54, 1.807) is 34.6 Å². The van der Waals surface area contributed by atoms with Crippen LogP contribution >= 0.6 is 0 Å². The van der Waals surface area contributed by atoms with Gasteiger partial charge >= 0.3 is 23.9 Å². The van der Waals surface area contributed by atoms with Gasteiger partial charge in [0.15, 0.2) is 0 Å². The SMILES string of the molecule is C=C(C[C@H](OC(=O)C12CCC(C)(C(=O)O1)C2(C)C)C(=O)OCC)C(=O)OCC. The van der Waals surface area contributed by atoms with E-state index in [0.717, 1.165) is 0 Å². The second kappa shape index (κ2) is 7.56. The first-order chi connectivity index (χ1) is 13.0. The van der Waals surface area contributed by atoms with E-state index in [9.17, 15) is 19.2 Å². The van der Waals surface area contributed by atoms with E-state index < -0.39 is 46.4 Å². The minimum Gasteiger partial charge on any atom is -0.463 e. The summed E-state index contributed by atoms with van der Waals surface area (Å²) in [5, 5.41) is 0. The summed E-state index contributed by atoms with van der Waals surface area (Å²) in [4.78, 5) is 49.6. The third kappa shape index (κ3) is 3.18. The molecule has 0 N–H and O–H groups in total. The molecule has 2 unspecified atom stereocenters. The van der Waals surface area contributed by atoms with Gasteiger partial charge in [-0.25, -0.2) is 14.4 Å². The normalized spacial score (nSPS) is 28.2. The molecule has 3 atom stereocenters. The van der Waals surface area contributed by atoms with Crippen LogP contribution in [0.2, 0.25) is 0 Å². The van der Waals surface area contributed by atoms with Gasteiger partial charge in [-0.2, -0.15) is 0 Å². The lowest BCUT2D eigenvalue weighted by atomic mass is 9.66. The lowest BCUT2D eigenvalue weighted by Gasteiger charge is -2.35. The molecule has 2 rings (SSSR count). The van der Waals surface area contributed by atoms with E-state index >= 15 is 0 Å². The molecule has 1 aliphatic carbocycles. The molecule has 28 heavy (non-hydrogen) atoms. The Morgan fingerprint density at radius 1 is 1.11 bits per heavy atom. The summed E-state index contributed by atoms with van der Waals surface area (Å²) in [7, 11) is 0. The first-order valence-corrected chi connectivity index (χ1v) is 9.43. The van der Waals surface area contributed by atoms with Gasteiger partial charge in [-0.1, -0.05) is 20.4 Å². The monoisotopic (exact) mass is 396 g/mol. The highest BCUT2D eigenvalue weighted by Crippen LogP contribution is 2.65. The Morgan fingerprint density at radius 2 is 1.71 bits per heavy atom. The summed E-state index contributed by atoms with van der Waals surface area (Å²) < 4.78 is 20.7. The van der Waals surface area contributed by atoms with E-state index in [2.05, 4.69) is 6.58 Å². The van der Waals surface area contributed by atoms with Crippen LogP contribution in [-0.4, -0.2) is 48.8 Å². The fraction of sp³-hybridized carbons (Fsp3) is 0.700. The van der Waals surface area contributed by atoms with Gasteiger partial charge in [0.1, 0.15) is 0 Å². The van der Waals surface area contributed by atoms with Crippen LogP contribution in [0.3, 0.4) is 0 Å². The topological polar surface area (TPSA) is 105 Å². The molecule has 1 aliphatic heterocycles. The Balaban J connectivity index is 2.23. The fourth-order valence-electron chi connectivity index (χ4n) is 3.88. The van der Waals surface area contributed by atoms with Crippen LogP contribution in [0.1, 0.15) is 53.9 Å². The van der Waals surface area contributed by atoms with Crippen molar-refractivity contribution in [1.82, 2.24) is 0 Å². The van der Waals surface area contributed by atoms with Gasteiger partial charge in [0, 0.05) is 17.4 Å². The highest BCUT2D eigenvalue weighted by Gasteiger charge is 2.76. The Labute approximate surface area is 164 Å². The van der Waals surface area contributed by atoms with Crippen LogP contribution in [0.4, 0.5) is 0 Å². The highest BCUT2D eigenvalue weighted by atomic mass is 16.6. The lowest BCUT2D eigenvalue weighted by Crippen LogP contribution is -2.50. The van der Waals surface area contributed by atoms with E-state index in [-0.39, 0.29) is 25.2 Å². The zero-order valence-corrected chi connectivity index (χ0v) is 17.1. The molecule has 0 aromatic rings. The summed E-state index contributed by atoms with van der Waals surface area (Å²) in [6, 6.07) is 0. The predicted octanol–water partition coefficient (Wildman–Crippen LogP) is 2.09. The van der Waals surface area contributed by atoms with Crippen molar-refractivity contribution >= 4 is 23.9 Å². The van der Waals surface area contributed by atoms with Crippen molar-refractivity contribution in [2.24, 2.45) is 10.8 Å². The minimum atomic E-state index is -1.48. The van der Waals surface area contributed by atoms with Gasteiger partial charge in [0.05, 0.1) is 18.6 Å². The first kappa shape index (κ1) is 21.9. The maximum Gasteiger partial charge on any atom is 0.352 e. The molecule has 0 radical (unpaired) electrons. The lowest BCUT2D eigenvalue weighted by molar-refractivity contribution is -0.191. The number of carbonyl (C=O) groups excluding carboxylic acids is 4. The summed E-state index contributed by atoms with van der Waals surface area (Å²) in [5.41, 5.74) is -3.12. The Hall–Kier alpha value is -2.38. The van der Waals surface area contributed by atoms with Crippen molar-refractivity contribution < 1.29 is 38.1 Å². The molecule has 0 amide bonds. The largest absolute Gasteiger partial charge is 0.463 e. The average Bonchev–Trinajstić information content (AvgIpc) is 2.91. The average molecular weight is 396 g/mol. The smallest absolute Gasteiger partial charge is 0.352 e. The Kier molecular flexibility index (Phi) is 5.92. The molecule has 1 saturated carbocycles. The van der Waals surface area contributed by atoms with Gasteiger partial charge in [-0.3, -0.25) is 4.79 Å². The van der Waals surface area contributed by atoms with Crippen molar-refractivity contribution in [2.75, 3.05) is 13.2 Å². The molecule has 1 saturated heterocycles. The van der Waals surface area contributed by atoms with E-state index in [0.29, 0.717) is 12.8 Å². The van der Waals surface area contributed by atoms with Crippen molar-refractivity contribution in [3.05, 3.63) is 12.2 Å². The van der Waals surface area contributed by atoms with Gasteiger partial charge in [0.25, 0.3) is 0 Å². The highest BCUT2D eigenvalue weighted by molar-refractivity contribution is 5.95. The third-order valence-corrected chi connectivity index (χ3v) is 6.21. The maximum atomic E-state index is 13.1. The van der Waals surface area contributed by atoms with E-state index in [4.69, 9.17) is 18.9 Å². The number of esters is 4. The van der Waals surface area contributed by atoms with Crippen molar-refractivity contribution in [3.63, 3.8) is 0 Å². The standard InChI is InChI=1S/C20H28O8/c1-7-25-14(21)12(3)11-13(15(22)26-8-2)27-17(24)20-10-9-19(6,16(23)28-20)18(20,4)5/h13H,3,7-11H2,1-2,4-6H3/t13-,19?,20?/m0/s1. The van der Waals surface area contributed by atoms with Crippen LogP contribution in [0.15, 0.2) is 12.2 Å². The number of hydrogen-bond acceptors (Lipinski definition) is 8. The molecule has 1 heterocycles. The van der Waals surface area contributed by atoms with Gasteiger partial charge in [-0.15, -0.1) is 0 Å². The van der Waals surface area contributed by atoms with Crippen molar-refractivity contribution in [3.8, 4) is 0 Å². The third-order valence-electron chi connectivity index (χ3n) is 6.21. The molecule has 8 heteroatoms. The molecule has 0 spiro atoms. The second-order valence-corrected chi connectivity index (χ2v) is 7.85. The van der Waals surface area contributed by atoms with Crippen LogP contribution in [0.5, 0.6) is 0 Å². The number of carbonyl (C=O) groups is 4. The number of rotatable bonds is 8. The zero-order chi connectivity index (χ0) is 21.3. The van der Waals surface area contributed by atoms with Crippen molar-refractivity contribution in [2.45, 2.75) is 65.6 Å². The quantitative estimate of drug-likeness (QED) is 0.349. The van der Waals surface area contributed by atoms with Crippen LogP contribution in [0.25, 0.3) is 0 Å². The van der Waals surface area contributed by atoms with E-state index in [1.165, 1.54) is 0 Å². The molecular formula is C20H28O8. The van der Waals surface area contributed by atoms with Gasteiger partial charge in [-0.05, 0) is 33.6 Å². The van der Waals surface area contributed by atoms with Crippen molar-refractivity contribution in [1.29, 1.82) is 0 Å². The second-order valence-electron chi connectivity index (χ2n) is 7.85. The molecule has 0 aromatic heterocycles. The molecular weight excluding hydrogens is 368 g/mol. The molecule has 2 fully saturated rings. The summed E-state index contributed by atoms with van der Waals surface area (Å²) >= 11 is 0.